The molecular weight excluding hydrogens is 246 g/mol. The van der Waals surface area contributed by atoms with Crippen molar-refractivity contribution in [3.63, 3.8) is 0 Å². The predicted molar refractivity (Wildman–Crippen MR) is 77.9 cm³/mol. The minimum atomic E-state index is 0.498. The summed E-state index contributed by atoms with van der Waals surface area (Å²) < 4.78 is 0. The summed E-state index contributed by atoms with van der Waals surface area (Å²) in [5.74, 6) is 3.93. The third kappa shape index (κ3) is 4.56. The van der Waals surface area contributed by atoms with Crippen molar-refractivity contribution in [1.29, 1.82) is 0 Å². The molecule has 0 radical (unpaired) electrons. The van der Waals surface area contributed by atoms with Crippen LogP contribution in [-0.2, 0) is 6.54 Å². The van der Waals surface area contributed by atoms with Gasteiger partial charge in [0.1, 0.15) is 5.82 Å². The number of hydrogen-bond donors (Lipinski definition) is 1. The number of nitrogens with one attached hydrogen (secondary N) is 1. The van der Waals surface area contributed by atoms with Gasteiger partial charge in [-0.1, -0.05) is 31.4 Å². The number of aromatic nitrogens is 1. The van der Waals surface area contributed by atoms with Gasteiger partial charge in [0.2, 0.25) is 0 Å². The van der Waals surface area contributed by atoms with Crippen LogP contribution in [0.1, 0.15) is 19.4 Å². The standard InChI is InChI=1S/C14H20ClN3/c1-5-6-18(4)14-13(15)7-12(10-17-14)9-16-8-11(2)3/h1,7,10-11,16H,6,8-9H2,2-4H3. The molecule has 1 heterocycles. The van der Waals surface area contributed by atoms with Gasteiger partial charge in [-0.2, -0.15) is 0 Å². The summed E-state index contributed by atoms with van der Waals surface area (Å²) in [6, 6.07) is 1.93. The summed E-state index contributed by atoms with van der Waals surface area (Å²) in [5, 5.41) is 3.99. The van der Waals surface area contributed by atoms with Gasteiger partial charge in [0.25, 0.3) is 0 Å². The van der Waals surface area contributed by atoms with Gasteiger partial charge in [-0.25, -0.2) is 4.98 Å². The number of anilines is 1. The number of halogens is 1. The van der Waals surface area contributed by atoms with Crippen LogP contribution in [0, 0.1) is 18.3 Å². The summed E-state index contributed by atoms with van der Waals surface area (Å²) in [4.78, 5) is 6.21. The Bertz CT molecular complexity index is 424. The van der Waals surface area contributed by atoms with Crippen molar-refractivity contribution in [2.24, 2.45) is 5.92 Å². The van der Waals surface area contributed by atoms with E-state index in [0.717, 1.165) is 24.5 Å². The van der Waals surface area contributed by atoms with Crippen molar-refractivity contribution in [3.05, 3.63) is 22.8 Å². The molecule has 98 valence electrons. The zero-order valence-corrected chi connectivity index (χ0v) is 12.0. The maximum absolute atomic E-state index is 6.20. The summed E-state index contributed by atoms with van der Waals surface area (Å²) in [7, 11) is 1.88. The fraction of sp³-hybridized carbons (Fsp3) is 0.500. The highest BCUT2D eigenvalue weighted by atomic mass is 35.5. The van der Waals surface area contributed by atoms with E-state index in [0.29, 0.717) is 17.5 Å². The first-order valence-electron chi connectivity index (χ1n) is 6.04. The van der Waals surface area contributed by atoms with Gasteiger partial charge in [-0.05, 0) is 24.1 Å². The molecular formula is C14H20ClN3. The molecule has 4 heteroatoms. The van der Waals surface area contributed by atoms with Crippen molar-refractivity contribution < 1.29 is 0 Å². The van der Waals surface area contributed by atoms with Crippen LogP contribution < -0.4 is 10.2 Å². The van der Waals surface area contributed by atoms with Crippen molar-refractivity contribution >= 4 is 17.4 Å². The summed E-state index contributed by atoms with van der Waals surface area (Å²) in [6.07, 6.45) is 7.10. The lowest BCUT2D eigenvalue weighted by Crippen LogP contribution is -2.20. The molecule has 0 atom stereocenters. The molecule has 0 saturated heterocycles. The van der Waals surface area contributed by atoms with Gasteiger partial charge in [0.05, 0.1) is 11.6 Å². The second-order valence-electron chi connectivity index (χ2n) is 4.73. The Kier molecular flexibility index (Phi) is 5.97. The summed E-state index contributed by atoms with van der Waals surface area (Å²) in [5.41, 5.74) is 1.08. The van der Waals surface area contributed by atoms with Gasteiger partial charge < -0.3 is 10.2 Å². The minimum Gasteiger partial charge on any atom is -0.347 e. The Morgan fingerprint density at radius 1 is 1.56 bits per heavy atom. The van der Waals surface area contributed by atoms with Crippen LogP contribution in [0.4, 0.5) is 5.82 Å². The van der Waals surface area contributed by atoms with E-state index < -0.39 is 0 Å². The first-order valence-corrected chi connectivity index (χ1v) is 6.42. The van der Waals surface area contributed by atoms with E-state index in [1.165, 1.54) is 0 Å². The van der Waals surface area contributed by atoms with E-state index in [4.69, 9.17) is 18.0 Å². The number of hydrogen-bond acceptors (Lipinski definition) is 3. The molecule has 0 fully saturated rings. The predicted octanol–water partition coefficient (Wildman–Crippen LogP) is 2.55. The third-order valence-corrected chi connectivity index (χ3v) is 2.73. The molecule has 0 aliphatic carbocycles. The van der Waals surface area contributed by atoms with Gasteiger partial charge in [-0.3, -0.25) is 0 Å². The minimum absolute atomic E-state index is 0.498. The molecule has 1 rings (SSSR count). The summed E-state index contributed by atoms with van der Waals surface area (Å²) >= 11 is 6.20. The molecule has 0 saturated carbocycles. The monoisotopic (exact) mass is 265 g/mol. The lowest BCUT2D eigenvalue weighted by Gasteiger charge is -2.17. The highest BCUT2D eigenvalue weighted by molar-refractivity contribution is 6.33. The third-order valence-electron chi connectivity index (χ3n) is 2.45. The maximum Gasteiger partial charge on any atom is 0.147 e. The smallest absolute Gasteiger partial charge is 0.147 e. The SMILES string of the molecule is C#CCN(C)c1ncc(CNCC(C)C)cc1Cl. The average molecular weight is 266 g/mol. The molecule has 0 spiro atoms. The lowest BCUT2D eigenvalue weighted by atomic mass is 10.2. The zero-order valence-electron chi connectivity index (χ0n) is 11.2. The highest BCUT2D eigenvalue weighted by Gasteiger charge is 2.07. The number of rotatable bonds is 6. The van der Waals surface area contributed by atoms with E-state index in [1.54, 1.807) is 0 Å². The quantitative estimate of drug-likeness (QED) is 0.802. The summed E-state index contributed by atoms with van der Waals surface area (Å²) in [6.45, 7) is 6.62. The zero-order chi connectivity index (χ0) is 13.5. The van der Waals surface area contributed by atoms with E-state index in [2.05, 4.69) is 30.1 Å². The number of terminal acetylenes is 1. The molecule has 1 aromatic rings. The van der Waals surface area contributed by atoms with Crippen molar-refractivity contribution in [2.75, 3.05) is 25.0 Å². The number of nitrogens with zero attached hydrogens (tertiary/aromatic N) is 2. The van der Waals surface area contributed by atoms with Gasteiger partial charge in [0, 0.05) is 19.8 Å². The molecule has 0 aliphatic rings. The van der Waals surface area contributed by atoms with Crippen LogP contribution in [0.3, 0.4) is 0 Å². The van der Waals surface area contributed by atoms with Crippen LogP contribution in [0.15, 0.2) is 12.3 Å². The second-order valence-corrected chi connectivity index (χ2v) is 5.14. The van der Waals surface area contributed by atoms with E-state index in [1.807, 2.05) is 24.2 Å². The molecule has 0 unspecified atom stereocenters. The molecule has 1 N–H and O–H groups in total. The molecule has 0 bridgehead atoms. The molecule has 18 heavy (non-hydrogen) atoms. The normalized spacial score (nSPS) is 10.4. The molecule has 1 aromatic heterocycles. The van der Waals surface area contributed by atoms with Gasteiger partial charge in [-0.15, -0.1) is 6.42 Å². The van der Waals surface area contributed by atoms with Crippen LogP contribution in [0.2, 0.25) is 5.02 Å². The fourth-order valence-corrected chi connectivity index (χ4v) is 1.90. The first kappa shape index (κ1) is 14.8. The van der Waals surface area contributed by atoms with Crippen LogP contribution in [-0.4, -0.2) is 25.1 Å². The molecule has 0 amide bonds. The molecule has 0 aliphatic heterocycles. The molecule has 3 nitrogen and oxygen atoms in total. The van der Waals surface area contributed by atoms with Crippen molar-refractivity contribution in [3.8, 4) is 12.3 Å². The van der Waals surface area contributed by atoms with Crippen LogP contribution >= 0.6 is 11.6 Å². The lowest BCUT2D eigenvalue weighted by molar-refractivity contribution is 0.552. The topological polar surface area (TPSA) is 28.2 Å². The Balaban J connectivity index is 2.65. The Hall–Kier alpha value is -1.24. The van der Waals surface area contributed by atoms with Crippen molar-refractivity contribution in [1.82, 2.24) is 10.3 Å². The van der Waals surface area contributed by atoms with E-state index >= 15 is 0 Å². The highest BCUT2D eigenvalue weighted by Crippen LogP contribution is 2.22. The largest absolute Gasteiger partial charge is 0.347 e. The average Bonchev–Trinajstić information content (AvgIpc) is 2.28. The first-order chi connectivity index (χ1) is 8.54. The van der Waals surface area contributed by atoms with Crippen LogP contribution in [0.25, 0.3) is 0 Å². The Morgan fingerprint density at radius 2 is 2.28 bits per heavy atom. The Morgan fingerprint density at radius 3 is 2.83 bits per heavy atom. The van der Waals surface area contributed by atoms with Gasteiger partial charge >= 0.3 is 0 Å². The number of pyridine rings is 1. The van der Waals surface area contributed by atoms with Crippen LogP contribution in [0.5, 0.6) is 0 Å². The molecule has 0 aromatic carbocycles. The van der Waals surface area contributed by atoms with Crippen molar-refractivity contribution in [2.45, 2.75) is 20.4 Å². The van der Waals surface area contributed by atoms with E-state index in [9.17, 15) is 0 Å². The fourth-order valence-electron chi connectivity index (χ4n) is 1.56. The van der Waals surface area contributed by atoms with E-state index in [-0.39, 0.29) is 0 Å². The van der Waals surface area contributed by atoms with Gasteiger partial charge in [0.15, 0.2) is 0 Å². The Labute approximate surface area is 115 Å². The second kappa shape index (κ2) is 7.25. The maximum atomic E-state index is 6.20.